The molecule has 3 nitrogen and oxygen atoms in total. The lowest BCUT2D eigenvalue weighted by atomic mass is 10.2. The molecule has 0 spiro atoms. The molecule has 4 heteroatoms. The zero-order valence-corrected chi connectivity index (χ0v) is 13.6. The highest BCUT2D eigenvalue weighted by molar-refractivity contribution is 6.88. The van der Waals surface area contributed by atoms with Crippen LogP contribution in [0.25, 0.3) is 0 Å². The summed E-state index contributed by atoms with van der Waals surface area (Å²) in [5.41, 5.74) is 1.29. The molecule has 1 aromatic carbocycles. The summed E-state index contributed by atoms with van der Waals surface area (Å²) < 4.78 is 4.89. The first-order valence-corrected chi connectivity index (χ1v) is 10.4. The van der Waals surface area contributed by atoms with Gasteiger partial charge in [-0.2, -0.15) is 0 Å². The average molecular weight is 281 g/mol. The largest absolute Gasteiger partial charge is 0.391 e. The zero-order chi connectivity index (χ0) is 14.3. The first kappa shape index (κ1) is 16.4. The number of hydrogen-bond acceptors (Lipinski definition) is 3. The number of aliphatic hydroxyl groups is 1. The van der Waals surface area contributed by atoms with E-state index in [0.29, 0.717) is 6.61 Å². The number of rotatable bonds is 8. The van der Waals surface area contributed by atoms with Gasteiger partial charge in [-0.1, -0.05) is 49.1 Å². The van der Waals surface area contributed by atoms with Gasteiger partial charge in [0.05, 0.1) is 20.8 Å². The van der Waals surface area contributed by atoms with Gasteiger partial charge in [0.1, 0.15) is 0 Å². The maximum Gasteiger partial charge on any atom is 0.0785 e. The smallest absolute Gasteiger partial charge is 0.0785 e. The average Bonchev–Trinajstić information content (AvgIpc) is 2.34. The molecule has 0 aliphatic rings. The third-order valence-corrected chi connectivity index (χ3v) is 5.23. The second-order valence-electron chi connectivity index (χ2n) is 6.02. The first-order chi connectivity index (χ1) is 8.93. The number of ether oxygens (including phenoxy) is 1. The van der Waals surface area contributed by atoms with Crippen molar-refractivity contribution in [3.63, 3.8) is 0 Å². The molecule has 0 amide bonds. The van der Waals surface area contributed by atoms with Crippen LogP contribution in [0.3, 0.4) is 0 Å². The normalized spacial score (nSPS) is 13.5. The third-order valence-electron chi connectivity index (χ3n) is 3.16. The van der Waals surface area contributed by atoms with E-state index in [9.17, 15) is 5.11 Å². The minimum atomic E-state index is -1.19. The number of nitrogens with one attached hydrogen (secondary N) is 1. The topological polar surface area (TPSA) is 41.5 Å². The summed E-state index contributed by atoms with van der Waals surface area (Å²) in [6.07, 6.45) is 0.354. The van der Waals surface area contributed by atoms with E-state index >= 15 is 0 Å². The van der Waals surface area contributed by atoms with Gasteiger partial charge in [-0.05, 0) is 18.5 Å². The molecular formula is C15H27NO2Si. The van der Waals surface area contributed by atoms with E-state index in [4.69, 9.17) is 4.74 Å². The second kappa shape index (κ2) is 7.80. The van der Waals surface area contributed by atoms with Crippen LogP contribution in [-0.2, 0) is 11.3 Å². The lowest BCUT2D eigenvalue weighted by Crippen LogP contribution is -2.37. The van der Waals surface area contributed by atoms with Crippen molar-refractivity contribution in [2.75, 3.05) is 20.3 Å². The van der Waals surface area contributed by atoms with Crippen LogP contribution in [0.1, 0.15) is 12.0 Å². The molecule has 19 heavy (non-hydrogen) atoms. The lowest BCUT2D eigenvalue weighted by Gasteiger charge is -2.17. The fourth-order valence-electron chi connectivity index (χ4n) is 1.90. The van der Waals surface area contributed by atoms with E-state index in [0.717, 1.165) is 19.5 Å². The van der Waals surface area contributed by atoms with Crippen LogP contribution >= 0.6 is 0 Å². The van der Waals surface area contributed by atoms with Gasteiger partial charge in [0.15, 0.2) is 0 Å². The maximum absolute atomic E-state index is 9.51. The third kappa shape index (κ3) is 6.34. The van der Waals surface area contributed by atoms with Crippen molar-refractivity contribution in [2.24, 2.45) is 0 Å². The highest BCUT2D eigenvalue weighted by Crippen LogP contribution is 2.04. The molecule has 0 heterocycles. The summed E-state index contributed by atoms with van der Waals surface area (Å²) in [5, 5.41) is 14.3. The Labute approximate surface area is 118 Å². The summed E-state index contributed by atoms with van der Waals surface area (Å²) in [7, 11) is 0.422. The van der Waals surface area contributed by atoms with Gasteiger partial charge in [0.2, 0.25) is 0 Å². The Morgan fingerprint density at radius 2 is 1.84 bits per heavy atom. The van der Waals surface area contributed by atoms with Gasteiger partial charge in [0.25, 0.3) is 0 Å². The first-order valence-electron chi connectivity index (χ1n) is 6.90. The number of methoxy groups -OCH3 is 1. The Hall–Kier alpha value is -0.683. The maximum atomic E-state index is 9.51. The van der Waals surface area contributed by atoms with Gasteiger partial charge < -0.3 is 15.2 Å². The lowest BCUT2D eigenvalue weighted by molar-refractivity contribution is 0.0594. The van der Waals surface area contributed by atoms with Crippen molar-refractivity contribution in [3.8, 4) is 0 Å². The highest BCUT2D eigenvalue weighted by atomic mass is 28.3. The SMILES string of the molecule is COCC(O)CCNCc1ccc([Si](C)(C)C)cc1. The fourth-order valence-corrected chi connectivity index (χ4v) is 3.07. The Kier molecular flexibility index (Phi) is 6.72. The number of aliphatic hydroxyl groups excluding tert-OH is 1. The molecule has 0 saturated carbocycles. The number of hydrogen-bond donors (Lipinski definition) is 2. The van der Waals surface area contributed by atoms with Crippen molar-refractivity contribution in [3.05, 3.63) is 29.8 Å². The predicted octanol–water partition coefficient (Wildman–Crippen LogP) is 1.72. The Morgan fingerprint density at radius 3 is 2.37 bits per heavy atom. The summed E-state index contributed by atoms with van der Waals surface area (Å²) in [4.78, 5) is 0. The summed E-state index contributed by atoms with van der Waals surface area (Å²) in [6, 6.07) is 8.91. The van der Waals surface area contributed by atoms with Crippen molar-refractivity contribution in [1.29, 1.82) is 0 Å². The molecule has 1 aromatic rings. The van der Waals surface area contributed by atoms with Crippen LogP contribution in [-0.4, -0.2) is 39.5 Å². The van der Waals surface area contributed by atoms with Crippen molar-refractivity contribution in [2.45, 2.75) is 38.7 Å². The summed E-state index contributed by atoms with van der Waals surface area (Å²) in [6.45, 7) is 9.14. The molecule has 0 radical (unpaired) electrons. The quantitative estimate of drug-likeness (QED) is 0.563. The molecule has 2 N–H and O–H groups in total. The molecule has 1 atom stereocenters. The molecule has 0 fully saturated rings. The van der Waals surface area contributed by atoms with Crippen LogP contribution in [0, 0.1) is 0 Å². The van der Waals surface area contributed by atoms with E-state index in [1.54, 1.807) is 7.11 Å². The number of benzene rings is 1. The van der Waals surface area contributed by atoms with E-state index < -0.39 is 8.07 Å². The van der Waals surface area contributed by atoms with Gasteiger partial charge in [0, 0.05) is 13.7 Å². The molecule has 0 aromatic heterocycles. The van der Waals surface area contributed by atoms with Gasteiger partial charge in [-0.15, -0.1) is 0 Å². The molecule has 0 bridgehead atoms. The highest BCUT2D eigenvalue weighted by Gasteiger charge is 2.15. The summed E-state index contributed by atoms with van der Waals surface area (Å²) in [5.74, 6) is 0. The van der Waals surface area contributed by atoms with Crippen molar-refractivity contribution in [1.82, 2.24) is 5.32 Å². The molecule has 0 saturated heterocycles. The van der Waals surface area contributed by atoms with Gasteiger partial charge in [-0.3, -0.25) is 0 Å². The standard InChI is InChI=1S/C15H27NO2Si/c1-18-12-14(17)9-10-16-11-13-5-7-15(8-6-13)19(2,3)4/h5-8,14,16-17H,9-12H2,1-4H3. The Balaban J connectivity index is 2.31. The van der Waals surface area contributed by atoms with E-state index in [2.05, 4.69) is 49.2 Å². The molecule has 0 aliphatic heterocycles. The monoisotopic (exact) mass is 281 g/mol. The second-order valence-corrected chi connectivity index (χ2v) is 11.1. The van der Waals surface area contributed by atoms with Crippen LogP contribution in [0.2, 0.25) is 19.6 Å². The van der Waals surface area contributed by atoms with E-state index in [-0.39, 0.29) is 6.10 Å². The van der Waals surface area contributed by atoms with Crippen LogP contribution in [0.5, 0.6) is 0 Å². The van der Waals surface area contributed by atoms with E-state index in [1.165, 1.54) is 10.8 Å². The van der Waals surface area contributed by atoms with E-state index in [1.807, 2.05) is 0 Å². The molecule has 0 aliphatic carbocycles. The van der Waals surface area contributed by atoms with Crippen molar-refractivity contribution >= 4 is 13.3 Å². The van der Waals surface area contributed by atoms with Gasteiger partial charge in [-0.25, -0.2) is 0 Å². The predicted molar refractivity (Wildman–Crippen MR) is 83.6 cm³/mol. The molecule has 1 unspecified atom stereocenters. The van der Waals surface area contributed by atoms with Gasteiger partial charge >= 0.3 is 0 Å². The van der Waals surface area contributed by atoms with Crippen molar-refractivity contribution < 1.29 is 9.84 Å². The van der Waals surface area contributed by atoms with Crippen LogP contribution in [0.4, 0.5) is 0 Å². The molecule has 1 rings (SSSR count). The summed E-state index contributed by atoms with van der Waals surface area (Å²) >= 11 is 0. The fraction of sp³-hybridized carbons (Fsp3) is 0.600. The molecular weight excluding hydrogens is 254 g/mol. The van der Waals surface area contributed by atoms with Crippen LogP contribution in [0.15, 0.2) is 24.3 Å². The minimum absolute atomic E-state index is 0.369. The molecule has 108 valence electrons. The zero-order valence-electron chi connectivity index (χ0n) is 12.6. The van der Waals surface area contributed by atoms with Crippen LogP contribution < -0.4 is 10.5 Å². The minimum Gasteiger partial charge on any atom is -0.391 e. The Morgan fingerprint density at radius 1 is 1.21 bits per heavy atom. The Bertz CT molecular complexity index is 359.